The third-order valence-electron chi connectivity index (χ3n) is 4.45. The molecule has 0 N–H and O–H groups in total. The van der Waals surface area contributed by atoms with Crippen molar-refractivity contribution in [1.29, 1.82) is 0 Å². The maximum absolute atomic E-state index is 12.8. The fourth-order valence-electron chi connectivity index (χ4n) is 2.95. The van der Waals surface area contributed by atoms with E-state index in [1.807, 2.05) is 0 Å². The molecular weight excluding hydrogens is 489 g/mol. The first kappa shape index (κ1) is 23.4. The number of Topliss-reactive ketones (excluding diaryl/α,β-unsaturated/α-hetero) is 1. The van der Waals surface area contributed by atoms with Gasteiger partial charge >= 0.3 is 5.97 Å². The number of thiophene rings is 1. The van der Waals surface area contributed by atoms with Gasteiger partial charge in [0.25, 0.3) is 11.8 Å². The number of halogens is 2. The van der Waals surface area contributed by atoms with Crippen LogP contribution in [-0.4, -0.2) is 61.5 Å². The molecular formula is C19H15Cl2NO7S2. The Bertz CT molecular complexity index is 1140. The Morgan fingerprint density at radius 1 is 1.13 bits per heavy atom. The van der Waals surface area contributed by atoms with Gasteiger partial charge < -0.3 is 4.74 Å². The van der Waals surface area contributed by atoms with Crippen molar-refractivity contribution in [3.05, 3.63) is 55.7 Å². The summed E-state index contributed by atoms with van der Waals surface area (Å²) in [6, 6.07) is 4.08. The second kappa shape index (κ2) is 9.07. The topological polar surface area (TPSA) is 115 Å². The van der Waals surface area contributed by atoms with Gasteiger partial charge in [0.2, 0.25) is 5.78 Å². The average Bonchev–Trinajstić information content (AvgIpc) is 3.30. The minimum absolute atomic E-state index is 0.0419. The standard InChI is InChI=1S/C19H15Cl2NO7S2/c1-31(27,28)6-4-14(19(26)29-9-15(23)16-3-2-5-30-16)22-17(24)10-7-12(20)13(21)8-11(10)18(22)25/h2-3,5,7-8,14H,4,6,9H2,1H3/t14-/m0/s1. The van der Waals surface area contributed by atoms with Crippen LogP contribution in [0.4, 0.5) is 0 Å². The van der Waals surface area contributed by atoms with Gasteiger partial charge in [0.1, 0.15) is 15.9 Å². The first-order valence-electron chi connectivity index (χ1n) is 8.77. The van der Waals surface area contributed by atoms with Crippen LogP contribution in [0.2, 0.25) is 10.0 Å². The number of sulfone groups is 1. The molecule has 3 rings (SSSR count). The highest BCUT2D eigenvalue weighted by Gasteiger charge is 2.44. The van der Waals surface area contributed by atoms with Gasteiger partial charge in [0, 0.05) is 6.26 Å². The van der Waals surface area contributed by atoms with Crippen molar-refractivity contribution in [1.82, 2.24) is 4.90 Å². The lowest BCUT2D eigenvalue weighted by Crippen LogP contribution is -2.46. The number of ether oxygens (including phenoxy) is 1. The molecule has 1 aliphatic heterocycles. The third kappa shape index (κ3) is 5.15. The third-order valence-corrected chi connectivity index (χ3v) is 7.06. The van der Waals surface area contributed by atoms with E-state index in [2.05, 4.69) is 0 Å². The number of hydrogen-bond donors (Lipinski definition) is 0. The van der Waals surface area contributed by atoms with Crippen LogP contribution < -0.4 is 0 Å². The normalized spacial score (nSPS) is 14.5. The molecule has 1 atom stereocenters. The summed E-state index contributed by atoms with van der Waals surface area (Å²) in [7, 11) is -3.53. The smallest absolute Gasteiger partial charge is 0.329 e. The van der Waals surface area contributed by atoms with Crippen molar-refractivity contribution in [2.24, 2.45) is 0 Å². The summed E-state index contributed by atoms with van der Waals surface area (Å²) in [6.45, 7) is -0.616. The first-order chi connectivity index (χ1) is 14.5. The van der Waals surface area contributed by atoms with Gasteiger partial charge in [-0.05, 0) is 30.0 Å². The van der Waals surface area contributed by atoms with Gasteiger partial charge in [-0.25, -0.2) is 13.2 Å². The predicted molar refractivity (Wildman–Crippen MR) is 115 cm³/mol. The van der Waals surface area contributed by atoms with E-state index in [1.165, 1.54) is 12.1 Å². The lowest BCUT2D eigenvalue weighted by molar-refractivity contribution is -0.147. The number of rotatable bonds is 8. The van der Waals surface area contributed by atoms with E-state index in [-0.39, 0.29) is 21.2 Å². The molecule has 2 aromatic rings. The highest BCUT2D eigenvalue weighted by atomic mass is 35.5. The number of carbonyl (C=O) groups is 4. The number of ketones is 1. The average molecular weight is 504 g/mol. The number of nitrogens with zero attached hydrogens (tertiary/aromatic N) is 1. The van der Waals surface area contributed by atoms with Gasteiger partial charge in [0.05, 0.1) is 31.8 Å². The molecule has 1 aromatic carbocycles. The molecule has 12 heteroatoms. The molecule has 0 aliphatic carbocycles. The second-order valence-corrected chi connectivity index (χ2v) is 10.8. The van der Waals surface area contributed by atoms with Crippen LogP contribution in [0.3, 0.4) is 0 Å². The number of fused-ring (bicyclic) bond motifs is 1. The van der Waals surface area contributed by atoms with Crippen molar-refractivity contribution in [2.75, 3.05) is 18.6 Å². The van der Waals surface area contributed by atoms with Crippen LogP contribution >= 0.6 is 34.5 Å². The van der Waals surface area contributed by atoms with Gasteiger partial charge in [-0.3, -0.25) is 19.3 Å². The molecule has 164 valence electrons. The number of carbonyl (C=O) groups excluding carboxylic acids is 4. The lowest BCUT2D eigenvalue weighted by Gasteiger charge is -2.24. The van der Waals surface area contributed by atoms with Crippen molar-refractivity contribution in [3.63, 3.8) is 0 Å². The minimum Gasteiger partial charge on any atom is -0.456 e. The molecule has 2 amide bonds. The van der Waals surface area contributed by atoms with Crippen molar-refractivity contribution < 1.29 is 32.3 Å². The van der Waals surface area contributed by atoms with E-state index >= 15 is 0 Å². The summed E-state index contributed by atoms with van der Waals surface area (Å²) in [5.41, 5.74) is -0.127. The van der Waals surface area contributed by atoms with E-state index in [4.69, 9.17) is 27.9 Å². The zero-order valence-corrected chi connectivity index (χ0v) is 19.1. The maximum Gasteiger partial charge on any atom is 0.329 e. The number of hydrogen-bond acceptors (Lipinski definition) is 8. The molecule has 0 saturated carbocycles. The Hall–Kier alpha value is -2.27. The molecule has 0 unspecified atom stereocenters. The fourth-order valence-corrected chi connectivity index (χ4v) is 4.58. The van der Waals surface area contributed by atoms with Gasteiger partial charge in [-0.1, -0.05) is 29.3 Å². The Morgan fingerprint density at radius 3 is 2.19 bits per heavy atom. The highest BCUT2D eigenvalue weighted by Crippen LogP contribution is 2.33. The first-order valence-corrected chi connectivity index (χ1v) is 12.5. The largest absolute Gasteiger partial charge is 0.456 e. The Kier molecular flexibility index (Phi) is 6.85. The van der Waals surface area contributed by atoms with Crippen LogP contribution in [-0.2, 0) is 19.4 Å². The van der Waals surface area contributed by atoms with E-state index in [0.717, 1.165) is 17.6 Å². The van der Waals surface area contributed by atoms with Crippen molar-refractivity contribution in [3.8, 4) is 0 Å². The van der Waals surface area contributed by atoms with Gasteiger partial charge in [-0.2, -0.15) is 0 Å². The summed E-state index contributed by atoms with van der Waals surface area (Å²) in [5.74, 6) is -3.69. The summed E-state index contributed by atoms with van der Waals surface area (Å²) < 4.78 is 28.3. The molecule has 1 aromatic heterocycles. The van der Waals surface area contributed by atoms with E-state index in [0.29, 0.717) is 9.78 Å². The second-order valence-electron chi connectivity index (χ2n) is 6.73. The van der Waals surface area contributed by atoms with Crippen LogP contribution in [0, 0.1) is 0 Å². The van der Waals surface area contributed by atoms with Crippen molar-refractivity contribution in [2.45, 2.75) is 12.5 Å². The molecule has 2 heterocycles. The molecule has 0 radical (unpaired) electrons. The summed E-state index contributed by atoms with van der Waals surface area (Å²) in [5, 5.41) is 1.76. The fraction of sp³-hybridized carbons (Fsp3) is 0.263. The van der Waals surface area contributed by atoms with Crippen LogP contribution in [0.25, 0.3) is 0 Å². The predicted octanol–water partition coefficient (Wildman–Crippen LogP) is 2.88. The quantitative estimate of drug-likeness (QED) is 0.309. The van der Waals surface area contributed by atoms with Crippen LogP contribution in [0.5, 0.6) is 0 Å². The highest BCUT2D eigenvalue weighted by molar-refractivity contribution is 7.90. The molecule has 31 heavy (non-hydrogen) atoms. The SMILES string of the molecule is CS(=O)(=O)CC[C@@H](C(=O)OCC(=O)c1cccs1)N1C(=O)c2cc(Cl)c(Cl)cc2C1=O. The van der Waals surface area contributed by atoms with Gasteiger partial charge in [-0.15, -0.1) is 11.3 Å². The minimum atomic E-state index is -3.53. The van der Waals surface area contributed by atoms with E-state index < -0.39 is 58.2 Å². The number of benzene rings is 1. The number of imide groups is 1. The number of amides is 2. The Labute approximate surface area is 191 Å². The molecule has 8 nitrogen and oxygen atoms in total. The lowest BCUT2D eigenvalue weighted by atomic mass is 10.1. The summed E-state index contributed by atoms with van der Waals surface area (Å²) in [6.07, 6.45) is 0.565. The molecule has 1 aliphatic rings. The Balaban J connectivity index is 1.86. The Morgan fingerprint density at radius 2 is 1.71 bits per heavy atom. The maximum atomic E-state index is 12.8. The molecule has 0 saturated heterocycles. The monoisotopic (exact) mass is 503 g/mol. The summed E-state index contributed by atoms with van der Waals surface area (Å²) in [4.78, 5) is 51.5. The van der Waals surface area contributed by atoms with Crippen LogP contribution in [0.15, 0.2) is 29.6 Å². The van der Waals surface area contributed by atoms with Crippen LogP contribution in [0.1, 0.15) is 36.8 Å². The van der Waals surface area contributed by atoms with E-state index in [9.17, 15) is 27.6 Å². The van der Waals surface area contributed by atoms with Gasteiger partial charge in [0.15, 0.2) is 6.61 Å². The molecule has 0 bridgehead atoms. The van der Waals surface area contributed by atoms with Crippen molar-refractivity contribution >= 4 is 67.9 Å². The van der Waals surface area contributed by atoms with E-state index in [1.54, 1.807) is 17.5 Å². The zero-order valence-electron chi connectivity index (χ0n) is 16.0. The summed E-state index contributed by atoms with van der Waals surface area (Å²) >= 11 is 13.0. The zero-order chi connectivity index (χ0) is 22.9. The molecule has 0 fully saturated rings. The molecule has 0 spiro atoms. The number of esters is 1.